The molecule has 2 aromatic rings. The van der Waals surface area contributed by atoms with Crippen LogP contribution >= 0.6 is 11.3 Å². The fourth-order valence-electron chi connectivity index (χ4n) is 2.99. The first-order valence-electron chi connectivity index (χ1n) is 8.38. The van der Waals surface area contributed by atoms with Crippen LogP contribution < -0.4 is 10.6 Å². The number of amides is 1. The number of nitrogens with one attached hydrogen (secondary N) is 2. The van der Waals surface area contributed by atoms with Crippen molar-refractivity contribution in [1.29, 1.82) is 0 Å². The normalized spacial score (nSPS) is 13.9. The van der Waals surface area contributed by atoms with Gasteiger partial charge in [0.15, 0.2) is 0 Å². The number of anilines is 1. The predicted octanol–water partition coefficient (Wildman–Crippen LogP) is 4.38. The number of carbonyl (C=O) groups excluding carboxylic acids is 1. The van der Waals surface area contributed by atoms with E-state index < -0.39 is 0 Å². The molecule has 1 heterocycles. The van der Waals surface area contributed by atoms with Crippen molar-refractivity contribution < 1.29 is 4.79 Å². The second-order valence-corrected chi connectivity index (χ2v) is 7.48. The van der Waals surface area contributed by atoms with Gasteiger partial charge in [0, 0.05) is 28.6 Å². The fraction of sp³-hybridized carbons (Fsp3) is 0.421. The standard InChI is InChI=1S/C19H24N2OS/c1-13(2)20-12-16-15-10-6-7-11-17(15)23-19(16)21-18(22)14-8-4-3-5-9-14/h3-5,8-9,13,20H,6-7,10-12H2,1-2H3,(H,21,22). The molecule has 0 bridgehead atoms. The Morgan fingerprint density at radius 1 is 1.17 bits per heavy atom. The van der Waals surface area contributed by atoms with Crippen molar-refractivity contribution in [3.8, 4) is 0 Å². The largest absolute Gasteiger partial charge is 0.313 e. The van der Waals surface area contributed by atoms with Crippen LogP contribution in [0.5, 0.6) is 0 Å². The van der Waals surface area contributed by atoms with Crippen molar-refractivity contribution in [2.24, 2.45) is 0 Å². The molecule has 0 radical (unpaired) electrons. The number of rotatable bonds is 5. The van der Waals surface area contributed by atoms with Gasteiger partial charge in [-0.2, -0.15) is 0 Å². The van der Waals surface area contributed by atoms with Gasteiger partial charge >= 0.3 is 0 Å². The Balaban J connectivity index is 1.85. The molecule has 1 amide bonds. The van der Waals surface area contributed by atoms with E-state index in [1.807, 2.05) is 30.3 Å². The third kappa shape index (κ3) is 3.82. The van der Waals surface area contributed by atoms with Crippen molar-refractivity contribution in [1.82, 2.24) is 5.32 Å². The maximum Gasteiger partial charge on any atom is 0.256 e. The molecule has 0 atom stereocenters. The first kappa shape index (κ1) is 16.2. The summed E-state index contributed by atoms with van der Waals surface area (Å²) in [6, 6.07) is 9.87. The van der Waals surface area contributed by atoms with Crippen LogP contribution in [0.15, 0.2) is 30.3 Å². The van der Waals surface area contributed by atoms with Crippen molar-refractivity contribution in [3.63, 3.8) is 0 Å². The Hall–Kier alpha value is -1.65. The number of hydrogen-bond acceptors (Lipinski definition) is 3. The van der Waals surface area contributed by atoms with Gasteiger partial charge in [-0.25, -0.2) is 0 Å². The molecule has 0 fully saturated rings. The number of hydrogen-bond donors (Lipinski definition) is 2. The molecule has 23 heavy (non-hydrogen) atoms. The second kappa shape index (κ2) is 7.28. The third-order valence-electron chi connectivity index (χ3n) is 4.23. The minimum Gasteiger partial charge on any atom is -0.313 e. The summed E-state index contributed by atoms with van der Waals surface area (Å²) in [5.74, 6) is -0.0185. The highest BCUT2D eigenvalue weighted by Gasteiger charge is 2.22. The third-order valence-corrected chi connectivity index (χ3v) is 5.48. The number of benzene rings is 1. The molecule has 0 saturated heterocycles. The van der Waals surface area contributed by atoms with Crippen molar-refractivity contribution in [3.05, 3.63) is 51.9 Å². The average molecular weight is 328 g/mol. The molecular weight excluding hydrogens is 304 g/mol. The van der Waals surface area contributed by atoms with Crippen LogP contribution in [-0.4, -0.2) is 11.9 Å². The van der Waals surface area contributed by atoms with E-state index in [9.17, 15) is 4.79 Å². The Labute approximate surface area is 142 Å². The maximum atomic E-state index is 12.5. The first-order valence-corrected chi connectivity index (χ1v) is 9.20. The van der Waals surface area contributed by atoms with E-state index in [-0.39, 0.29) is 5.91 Å². The fourth-order valence-corrected chi connectivity index (χ4v) is 4.29. The van der Waals surface area contributed by atoms with E-state index in [2.05, 4.69) is 24.5 Å². The molecule has 0 aliphatic heterocycles. The van der Waals surface area contributed by atoms with E-state index in [0.717, 1.165) is 24.4 Å². The molecule has 2 N–H and O–H groups in total. The van der Waals surface area contributed by atoms with Crippen molar-refractivity contribution in [2.75, 3.05) is 5.32 Å². The summed E-state index contributed by atoms with van der Waals surface area (Å²) >= 11 is 1.76. The lowest BCUT2D eigenvalue weighted by Crippen LogP contribution is -2.23. The van der Waals surface area contributed by atoms with E-state index in [1.165, 1.54) is 28.8 Å². The van der Waals surface area contributed by atoms with Gasteiger partial charge < -0.3 is 10.6 Å². The minimum atomic E-state index is -0.0185. The first-order chi connectivity index (χ1) is 11.1. The highest BCUT2D eigenvalue weighted by molar-refractivity contribution is 7.16. The van der Waals surface area contributed by atoms with Gasteiger partial charge in [-0.15, -0.1) is 11.3 Å². The van der Waals surface area contributed by atoms with Crippen LogP contribution in [0.4, 0.5) is 5.00 Å². The molecular formula is C19H24N2OS. The lowest BCUT2D eigenvalue weighted by Gasteiger charge is -2.15. The van der Waals surface area contributed by atoms with E-state index >= 15 is 0 Å². The monoisotopic (exact) mass is 328 g/mol. The molecule has 3 nitrogen and oxygen atoms in total. The second-order valence-electron chi connectivity index (χ2n) is 6.37. The molecule has 0 unspecified atom stereocenters. The van der Waals surface area contributed by atoms with Crippen LogP contribution in [0.3, 0.4) is 0 Å². The highest BCUT2D eigenvalue weighted by Crippen LogP contribution is 2.38. The van der Waals surface area contributed by atoms with Crippen LogP contribution in [0.25, 0.3) is 0 Å². The van der Waals surface area contributed by atoms with E-state index in [1.54, 1.807) is 11.3 Å². The number of fused-ring (bicyclic) bond motifs is 1. The summed E-state index contributed by atoms with van der Waals surface area (Å²) in [6.07, 6.45) is 4.80. The van der Waals surface area contributed by atoms with Crippen LogP contribution in [0.2, 0.25) is 0 Å². The van der Waals surface area contributed by atoms with Gasteiger partial charge in [0.1, 0.15) is 5.00 Å². The zero-order chi connectivity index (χ0) is 16.2. The van der Waals surface area contributed by atoms with Gasteiger partial charge in [-0.3, -0.25) is 4.79 Å². The zero-order valence-corrected chi connectivity index (χ0v) is 14.6. The smallest absolute Gasteiger partial charge is 0.256 e. The average Bonchev–Trinajstić information content (AvgIpc) is 2.90. The molecule has 1 aliphatic carbocycles. The number of thiophene rings is 1. The van der Waals surface area contributed by atoms with Crippen molar-refractivity contribution >= 4 is 22.2 Å². The Morgan fingerprint density at radius 2 is 1.91 bits per heavy atom. The van der Waals surface area contributed by atoms with Gasteiger partial charge in [-0.1, -0.05) is 32.0 Å². The van der Waals surface area contributed by atoms with Gasteiger partial charge in [0.2, 0.25) is 0 Å². The molecule has 1 aromatic heterocycles. The topological polar surface area (TPSA) is 41.1 Å². The van der Waals surface area contributed by atoms with Crippen LogP contribution in [0.1, 0.15) is 53.1 Å². The Kier molecular flexibility index (Phi) is 5.13. The summed E-state index contributed by atoms with van der Waals surface area (Å²) < 4.78 is 0. The molecule has 0 saturated carbocycles. The number of aryl methyl sites for hydroxylation is 1. The summed E-state index contributed by atoms with van der Waals surface area (Å²) in [7, 11) is 0. The highest BCUT2D eigenvalue weighted by atomic mass is 32.1. The SMILES string of the molecule is CC(C)NCc1c(NC(=O)c2ccccc2)sc2c1CCCC2. The van der Waals surface area contributed by atoms with Crippen LogP contribution in [-0.2, 0) is 19.4 Å². The van der Waals surface area contributed by atoms with Gasteiger partial charge in [-0.05, 0) is 43.4 Å². The quantitative estimate of drug-likeness (QED) is 0.855. The van der Waals surface area contributed by atoms with Gasteiger partial charge in [0.25, 0.3) is 5.91 Å². The Morgan fingerprint density at radius 3 is 2.65 bits per heavy atom. The van der Waals surface area contributed by atoms with E-state index in [4.69, 9.17) is 0 Å². The summed E-state index contributed by atoms with van der Waals surface area (Å²) in [5, 5.41) is 7.68. The lowest BCUT2D eigenvalue weighted by atomic mass is 9.95. The van der Waals surface area contributed by atoms with Crippen LogP contribution in [0, 0.1) is 0 Å². The van der Waals surface area contributed by atoms with Crippen molar-refractivity contribution in [2.45, 2.75) is 52.1 Å². The zero-order valence-electron chi connectivity index (χ0n) is 13.8. The predicted molar refractivity (Wildman–Crippen MR) is 97.3 cm³/mol. The lowest BCUT2D eigenvalue weighted by molar-refractivity contribution is 0.102. The molecule has 122 valence electrons. The number of carbonyl (C=O) groups is 1. The Bertz CT molecular complexity index is 676. The molecule has 0 spiro atoms. The maximum absolute atomic E-state index is 12.5. The summed E-state index contributed by atoms with van der Waals surface area (Å²) in [6.45, 7) is 5.13. The van der Waals surface area contributed by atoms with E-state index in [0.29, 0.717) is 11.6 Å². The summed E-state index contributed by atoms with van der Waals surface area (Å²) in [5.41, 5.74) is 3.47. The van der Waals surface area contributed by atoms with Gasteiger partial charge in [0.05, 0.1) is 0 Å². The molecule has 1 aliphatic rings. The molecule has 4 heteroatoms. The summed E-state index contributed by atoms with van der Waals surface area (Å²) in [4.78, 5) is 14.0. The minimum absolute atomic E-state index is 0.0185. The molecule has 3 rings (SSSR count). The molecule has 1 aromatic carbocycles.